The van der Waals surface area contributed by atoms with E-state index in [-0.39, 0.29) is 5.69 Å². The molecule has 0 aliphatic carbocycles. The SMILES string of the molecule is CC#CCCCN1CCC(n2c(=O)[nH]c3ccccc32)CC1. The predicted octanol–water partition coefficient (Wildman–Crippen LogP) is 2.77. The van der Waals surface area contributed by atoms with Crippen molar-refractivity contribution in [3.63, 3.8) is 0 Å². The molecule has 3 rings (SSSR count). The largest absolute Gasteiger partial charge is 0.326 e. The van der Waals surface area contributed by atoms with E-state index in [0.29, 0.717) is 6.04 Å². The van der Waals surface area contributed by atoms with Gasteiger partial charge in [0, 0.05) is 25.6 Å². The number of aromatic amines is 1. The molecule has 22 heavy (non-hydrogen) atoms. The van der Waals surface area contributed by atoms with Gasteiger partial charge < -0.3 is 9.88 Å². The average Bonchev–Trinajstić information content (AvgIpc) is 2.88. The van der Waals surface area contributed by atoms with Crippen LogP contribution >= 0.6 is 0 Å². The number of likely N-dealkylation sites (tertiary alicyclic amines) is 1. The second-order valence-corrected chi connectivity index (χ2v) is 5.92. The molecule has 0 radical (unpaired) electrons. The van der Waals surface area contributed by atoms with Crippen LogP contribution in [0, 0.1) is 11.8 Å². The van der Waals surface area contributed by atoms with Crippen molar-refractivity contribution in [3.8, 4) is 11.8 Å². The van der Waals surface area contributed by atoms with Crippen molar-refractivity contribution in [2.75, 3.05) is 19.6 Å². The van der Waals surface area contributed by atoms with Crippen LogP contribution in [-0.4, -0.2) is 34.1 Å². The summed E-state index contributed by atoms with van der Waals surface area (Å²) in [5, 5.41) is 0. The van der Waals surface area contributed by atoms with Crippen LogP contribution in [0.2, 0.25) is 0 Å². The smallest absolute Gasteiger partial charge is 0.306 e. The molecule has 0 unspecified atom stereocenters. The zero-order valence-corrected chi connectivity index (χ0v) is 13.1. The molecule has 1 saturated heterocycles. The number of unbranched alkanes of at least 4 members (excludes halogenated alkanes) is 1. The fourth-order valence-electron chi connectivity index (χ4n) is 3.35. The lowest BCUT2D eigenvalue weighted by atomic mass is 10.0. The van der Waals surface area contributed by atoms with E-state index in [0.717, 1.165) is 56.4 Å². The maximum absolute atomic E-state index is 12.2. The standard InChI is InChI=1S/C18H23N3O/c1-2-3-4-7-12-20-13-10-15(11-14-20)21-17-9-6-5-8-16(17)19-18(21)22/h5-6,8-9,15H,4,7,10-14H2,1H3,(H,19,22). The summed E-state index contributed by atoms with van der Waals surface area (Å²) >= 11 is 0. The summed E-state index contributed by atoms with van der Waals surface area (Å²) in [4.78, 5) is 17.7. The van der Waals surface area contributed by atoms with Gasteiger partial charge in [0.05, 0.1) is 11.0 Å². The van der Waals surface area contributed by atoms with Crippen molar-refractivity contribution in [2.24, 2.45) is 0 Å². The fraction of sp³-hybridized carbons (Fsp3) is 0.500. The van der Waals surface area contributed by atoms with Gasteiger partial charge in [-0.15, -0.1) is 11.8 Å². The zero-order valence-electron chi connectivity index (χ0n) is 13.1. The Morgan fingerprint density at radius 3 is 2.82 bits per heavy atom. The van der Waals surface area contributed by atoms with E-state index < -0.39 is 0 Å². The number of benzene rings is 1. The van der Waals surface area contributed by atoms with Gasteiger partial charge in [-0.3, -0.25) is 4.57 Å². The molecule has 0 atom stereocenters. The van der Waals surface area contributed by atoms with E-state index in [1.807, 2.05) is 35.8 Å². The Balaban J connectivity index is 1.64. The fourth-order valence-corrected chi connectivity index (χ4v) is 3.35. The number of imidazole rings is 1. The molecule has 1 aliphatic heterocycles. The first-order valence-electron chi connectivity index (χ1n) is 8.11. The van der Waals surface area contributed by atoms with Crippen molar-refractivity contribution in [1.82, 2.24) is 14.5 Å². The number of fused-ring (bicyclic) bond motifs is 1. The van der Waals surface area contributed by atoms with Crippen LogP contribution in [0.3, 0.4) is 0 Å². The summed E-state index contributed by atoms with van der Waals surface area (Å²) < 4.78 is 1.95. The van der Waals surface area contributed by atoms with Crippen molar-refractivity contribution in [1.29, 1.82) is 0 Å². The van der Waals surface area contributed by atoms with Gasteiger partial charge in [-0.25, -0.2) is 4.79 Å². The van der Waals surface area contributed by atoms with Gasteiger partial charge in [-0.05, 0) is 44.9 Å². The van der Waals surface area contributed by atoms with Crippen LogP contribution in [0.1, 0.15) is 38.6 Å². The van der Waals surface area contributed by atoms with E-state index in [1.54, 1.807) is 0 Å². The maximum Gasteiger partial charge on any atom is 0.326 e. The van der Waals surface area contributed by atoms with Crippen molar-refractivity contribution < 1.29 is 0 Å². The third kappa shape index (κ3) is 3.10. The Morgan fingerprint density at radius 1 is 1.27 bits per heavy atom. The molecule has 4 heteroatoms. The molecule has 1 aliphatic rings. The molecule has 1 fully saturated rings. The molecule has 1 aromatic heterocycles. The Labute approximate surface area is 131 Å². The first-order valence-corrected chi connectivity index (χ1v) is 8.11. The van der Waals surface area contributed by atoms with Crippen molar-refractivity contribution in [2.45, 2.75) is 38.6 Å². The van der Waals surface area contributed by atoms with E-state index >= 15 is 0 Å². The van der Waals surface area contributed by atoms with Gasteiger partial charge in [0.25, 0.3) is 0 Å². The summed E-state index contributed by atoms with van der Waals surface area (Å²) in [7, 11) is 0. The quantitative estimate of drug-likeness (QED) is 0.696. The van der Waals surface area contributed by atoms with Gasteiger partial charge >= 0.3 is 5.69 Å². The van der Waals surface area contributed by atoms with E-state index in [9.17, 15) is 4.79 Å². The van der Waals surface area contributed by atoms with Gasteiger partial charge in [0.1, 0.15) is 0 Å². The predicted molar refractivity (Wildman–Crippen MR) is 90.0 cm³/mol. The molecule has 1 aromatic carbocycles. The second kappa shape index (κ2) is 6.85. The summed E-state index contributed by atoms with van der Waals surface area (Å²) in [6.45, 7) is 5.14. The molecule has 2 aromatic rings. The van der Waals surface area contributed by atoms with E-state index in [1.165, 1.54) is 0 Å². The third-order valence-corrected chi connectivity index (χ3v) is 4.50. The monoisotopic (exact) mass is 297 g/mol. The minimum atomic E-state index is 0.0258. The Bertz CT molecular complexity index is 739. The lowest BCUT2D eigenvalue weighted by Crippen LogP contribution is -2.37. The van der Waals surface area contributed by atoms with Crippen molar-refractivity contribution in [3.05, 3.63) is 34.7 Å². The normalized spacial score (nSPS) is 16.6. The molecule has 0 bridgehead atoms. The van der Waals surface area contributed by atoms with Crippen molar-refractivity contribution >= 4 is 11.0 Å². The molecule has 2 heterocycles. The van der Waals surface area contributed by atoms with E-state index in [2.05, 4.69) is 21.7 Å². The highest BCUT2D eigenvalue weighted by Gasteiger charge is 2.22. The average molecular weight is 297 g/mol. The Morgan fingerprint density at radius 2 is 2.05 bits per heavy atom. The van der Waals surface area contributed by atoms with Crippen LogP contribution in [-0.2, 0) is 0 Å². The summed E-state index contributed by atoms with van der Waals surface area (Å²) in [6, 6.07) is 8.27. The minimum absolute atomic E-state index is 0.0258. The topological polar surface area (TPSA) is 41.0 Å². The maximum atomic E-state index is 12.2. The Hall–Kier alpha value is -1.99. The highest BCUT2D eigenvalue weighted by molar-refractivity contribution is 5.75. The van der Waals surface area contributed by atoms with Crippen LogP contribution in [0.15, 0.2) is 29.1 Å². The number of aromatic nitrogens is 2. The van der Waals surface area contributed by atoms with Gasteiger partial charge in [0.2, 0.25) is 0 Å². The molecule has 0 amide bonds. The third-order valence-electron chi connectivity index (χ3n) is 4.50. The van der Waals surface area contributed by atoms with Crippen LogP contribution in [0.4, 0.5) is 0 Å². The van der Waals surface area contributed by atoms with Gasteiger partial charge in [-0.2, -0.15) is 0 Å². The van der Waals surface area contributed by atoms with Crippen LogP contribution in [0.25, 0.3) is 11.0 Å². The highest BCUT2D eigenvalue weighted by atomic mass is 16.1. The summed E-state index contributed by atoms with van der Waals surface area (Å²) in [5.41, 5.74) is 2.00. The Kier molecular flexibility index (Phi) is 4.65. The van der Waals surface area contributed by atoms with E-state index in [4.69, 9.17) is 0 Å². The second-order valence-electron chi connectivity index (χ2n) is 5.92. The number of para-hydroxylation sites is 2. The number of hydrogen-bond donors (Lipinski definition) is 1. The summed E-state index contributed by atoms with van der Waals surface area (Å²) in [6.07, 6.45) is 4.21. The number of piperidine rings is 1. The first kappa shape index (κ1) is 14.9. The molecular weight excluding hydrogens is 274 g/mol. The van der Waals surface area contributed by atoms with Gasteiger partial charge in [-0.1, -0.05) is 12.1 Å². The molecule has 1 N–H and O–H groups in total. The molecular formula is C18H23N3O. The lowest BCUT2D eigenvalue weighted by Gasteiger charge is -2.32. The number of nitrogens with zero attached hydrogens (tertiary/aromatic N) is 2. The summed E-state index contributed by atoms with van der Waals surface area (Å²) in [5.74, 6) is 6.06. The molecule has 0 spiro atoms. The number of rotatable bonds is 4. The van der Waals surface area contributed by atoms with Crippen LogP contribution < -0.4 is 5.69 Å². The number of hydrogen-bond acceptors (Lipinski definition) is 2. The number of H-pyrrole nitrogens is 1. The van der Waals surface area contributed by atoms with Crippen LogP contribution in [0.5, 0.6) is 0 Å². The minimum Gasteiger partial charge on any atom is -0.306 e. The highest BCUT2D eigenvalue weighted by Crippen LogP contribution is 2.24. The molecule has 4 nitrogen and oxygen atoms in total. The first-order chi connectivity index (χ1) is 10.8. The molecule has 0 saturated carbocycles. The number of nitrogens with one attached hydrogen (secondary N) is 1. The lowest BCUT2D eigenvalue weighted by molar-refractivity contribution is 0.186. The molecule has 116 valence electrons. The zero-order chi connectivity index (χ0) is 15.4. The van der Waals surface area contributed by atoms with Gasteiger partial charge in [0.15, 0.2) is 0 Å².